The topological polar surface area (TPSA) is 20.3 Å². The molecule has 0 atom stereocenters. The first-order valence-electron chi connectivity index (χ1n) is 6.37. The van der Waals surface area contributed by atoms with E-state index in [0.717, 1.165) is 31.3 Å². The highest BCUT2D eigenvalue weighted by Crippen LogP contribution is 2.12. The summed E-state index contributed by atoms with van der Waals surface area (Å²) in [6.45, 7) is 2.71. The molecule has 1 aromatic rings. The molecule has 1 aromatic carbocycles. The fraction of sp³-hybridized carbons (Fsp3) is 0.500. The van der Waals surface area contributed by atoms with Gasteiger partial charge < -0.3 is 4.90 Å². The third-order valence-corrected chi connectivity index (χ3v) is 3.29. The van der Waals surface area contributed by atoms with Crippen molar-refractivity contribution in [2.45, 2.75) is 25.7 Å². The van der Waals surface area contributed by atoms with Gasteiger partial charge in [-0.2, -0.15) is 0 Å². The van der Waals surface area contributed by atoms with Crippen LogP contribution in [0.3, 0.4) is 0 Å². The Bertz CT molecular complexity index is 408. The minimum Gasteiger partial charge on any atom is -0.303 e. The number of hydrogen-bond acceptors (Lipinski definition) is 2. The molecule has 0 saturated carbocycles. The average Bonchev–Trinajstić information content (AvgIpc) is 2.36. The third kappa shape index (κ3) is 3.60. The van der Waals surface area contributed by atoms with Crippen LogP contribution in [0.4, 0.5) is 8.78 Å². The van der Waals surface area contributed by atoms with Crippen molar-refractivity contribution in [3.8, 4) is 0 Å². The van der Waals surface area contributed by atoms with E-state index in [1.54, 1.807) is 0 Å². The SMILES string of the molecule is O=C(CCN1CCCCC1)c1cc(F)cc(F)c1. The lowest BCUT2D eigenvalue weighted by Crippen LogP contribution is -2.31. The Hall–Kier alpha value is -1.29. The minimum atomic E-state index is -0.698. The zero-order valence-corrected chi connectivity index (χ0v) is 10.3. The van der Waals surface area contributed by atoms with E-state index in [9.17, 15) is 13.6 Å². The molecule has 0 amide bonds. The lowest BCUT2D eigenvalue weighted by molar-refractivity contribution is 0.0958. The molecule has 18 heavy (non-hydrogen) atoms. The molecule has 0 N–H and O–H groups in total. The highest BCUT2D eigenvalue weighted by Gasteiger charge is 2.13. The molecule has 0 spiro atoms. The first kappa shape index (κ1) is 13.1. The Balaban J connectivity index is 1.90. The predicted octanol–water partition coefficient (Wildman–Crippen LogP) is 3.02. The van der Waals surface area contributed by atoms with E-state index in [-0.39, 0.29) is 11.3 Å². The lowest BCUT2D eigenvalue weighted by Gasteiger charge is -2.25. The maximum Gasteiger partial charge on any atom is 0.164 e. The lowest BCUT2D eigenvalue weighted by atomic mass is 10.1. The summed E-state index contributed by atoms with van der Waals surface area (Å²) in [5.74, 6) is -1.59. The fourth-order valence-electron chi connectivity index (χ4n) is 2.30. The van der Waals surface area contributed by atoms with Crippen molar-refractivity contribution in [2.75, 3.05) is 19.6 Å². The highest BCUT2D eigenvalue weighted by molar-refractivity contribution is 5.96. The molecule has 0 bridgehead atoms. The number of rotatable bonds is 4. The monoisotopic (exact) mass is 253 g/mol. The van der Waals surface area contributed by atoms with Gasteiger partial charge in [0.2, 0.25) is 0 Å². The van der Waals surface area contributed by atoms with Crippen LogP contribution in [0.5, 0.6) is 0 Å². The second kappa shape index (κ2) is 6.05. The molecule has 0 aromatic heterocycles. The summed E-state index contributed by atoms with van der Waals surface area (Å²) < 4.78 is 26.0. The van der Waals surface area contributed by atoms with Crippen molar-refractivity contribution in [3.05, 3.63) is 35.4 Å². The van der Waals surface area contributed by atoms with Crippen LogP contribution in [0.1, 0.15) is 36.0 Å². The molecule has 2 nitrogen and oxygen atoms in total. The maximum absolute atomic E-state index is 13.0. The Morgan fingerprint density at radius 1 is 1.06 bits per heavy atom. The summed E-state index contributed by atoms with van der Waals surface area (Å²) in [4.78, 5) is 14.1. The molecule has 1 heterocycles. The molecular formula is C14H17F2NO. The number of likely N-dealkylation sites (tertiary alicyclic amines) is 1. The third-order valence-electron chi connectivity index (χ3n) is 3.29. The standard InChI is InChI=1S/C14H17F2NO/c15-12-8-11(9-13(16)10-12)14(18)4-7-17-5-2-1-3-6-17/h8-10H,1-7H2. The number of piperidine rings is 1. The van der Waals surface area contributed by atoms with Crippen LogP contribution in [-0.2, 0) is 0 Å². The van der Waals surface area contributed by atoms with Gasteiger partial charge in [0.15, 0.2) is 5.78 Å². The number of benzene rings is 1. The summed E-state index contributed by atoms with van der Waals surface area (Å²) in [5, 5.41) is 0. The molecule has 0 unspecified atom stereocenters. The summed E-state index contributed by atoms with van der Waals surface area (Å²) in [6, 6.07) is 2.98. The number of ketones is 1. The molecule has 98 valence electrons. The number of hydrogen-bond donors (Lipinski definition) is 0. The maximum atomic E-state index is 13.0. The Morgan fingerprint density at radius 3 is 2.28 bits per heavy atom. The minimum absolute atomic E-state index is 0.129. The summed E-state index contributed by atoms with van der Waals surface area (Å²) in [7, 11) is 0. The zero-order valence-electron chi connectivity index (χ0n) is 10.3. The van der Waals surface area contributed by atoms with Gasteiger partial charge in [0.25, 0.3) is 0 Å². The van der Waals surface area contributed by atoms with Gasteiger partial charge in [0, 0.05) is 24.6 Å². The van der Waals surface area contributed by atoms with Crippen molar-refractivity contribution < 1.29 is 13.6 Å². The molecule has 0 aliphatic carbocycles. The van der Waals surface area contributed by atoms with Gasteiger partial charge >= 0.3 is 0 Å². The number of carbonyl (C=O) groups is 1. The number of Topliss-reactive ketones (excluding diaryl/α,β-unsaturated/α-hetero) is 1. The van der Waals surface area contributed by atoms with Crippen LogP contribution in [0, 0.1) is 11.6 Å². The van der Waals surface area contributed by atoms with E-state index in [0.29, 0.717) is 13.0 Å². The van der Waals surface area contributed by atoms with E-state index in [1.807, 2.05) is 0 Å². The molecule has 1 saturated heterocycles. The van der Waals surface area contributed by atoms with Gasteiger partial charge in [0.05, 0.1) is 0 Å². The van der Waals surface area contributed by atoms with Gasteiger partial charge in [-0.15, -0.1) is 0 Å². The quantitative estimate of drug-likeness (QED) is 0.769. The summed E-state index contributed by atoms with van der Waals surface area (Å²) >= 11 is 0. The van der Waals surface area contributed by atoms with Gasteiger partial charge in [-0.05, 0) is 38.1 Å². The van der Waals surface area contributed by atoms with E-state index >= 15 is 0 Å². The Morgan fingerprint density at radius 2 is 1.67 bits per heavy atom. The molecule has 4 heteroatoms. The molecule has 1 aliphatic heterocycles. The van der Waals surface area contributed by atoms with Crippen molar-refractivity contribution in [1.29, 1.82) is 0 Å². The second-order valence-corrected chi connectivity index (χ2v) is 4.73. The second-order valence-electron chi connectivity index (χ2n) is 4.73. The normalized spacial score (nSPS) is 16.8. The fourth-order valence-corrected chi connectivity index (χ4v) is 2.30. The largest absolute Gasteiger partial charge is 0.303 e. The Labute approximate surface area is 106 Å². The van der Waals surface area contributed by atoms with Gasteiger partial charge in [-0.3, -0.25) is 4.79 Å². The van der Waals surface area contributed by atoms with Crippen LogP contribution in [0.25, 0.3) is 0 Å². The molecular weight excluding hydrogens is 236 g/mol. The molecule has 1 aliphatic rings. The van der Waals surface area contributed by atoms with Crippen LogP contribution < -0.4 is 0 Å². The number of carbonyl (C=O) groups excluding carboxylic acids is 1. The van der Waals surface area contributed by atoms with Gasteiger partial charge in [-0.1, -0.05) is 6.42 Å². The summed E-state index contributed by atoms with van der Waals surface area (Å²) in [5.41, 5.74) is 0.129. The van der Waals surface area contributed by atoms with Crippen molar-refractivity contribution in [2.24, 2.45) is 0 Å². The van der Waals surface area contributed by atoms with Crippen LogP contribution in [-0.4, -0.2) is 30.3 Å². The van der Waals surface area contributed by atoms with Crippen molar-refractivity contribution in [1.82, 2.24) is 4.90 Å². The highest BCUT2D eigenvalue weighted by atomic mass is 19.1. The summed E-state index contributed by atoms with van der Waals surface area (Å²) in [6.07, 6.45) is 3.91. The first-order valence-corrected chi connectivity index (χ1v) is 6.37. The van der Waals surface area contributed by atoms with Crippen molar-refractivity contribution >= 4 is 5.78 Å². The van der Waals surface area contributed by atoms with E-state index < -0.39 is 11.6 Å². The van der Waals surface area contributed by atoms with Crippen LogP contribution in [0.15, 0.2) is 18.2 Å². The Kier molecular flexibility index (Phi) is 4.42. The average molecular weight is 253 g/mol. The smallest absolute Gasteiger partial charge is 0.164 e. The van der Waals surface area contributed by atoms with Gasteiger partial charge in [0.1, 0.15) is 11.6 Å². The molecule has 2 rings (SSSR count). The number of halogens is 2. The van der Waals surface area contributed by atoms with Crippen molar-refractivity contribution in [3.63, 3.8) is 0 Å². The predicted molar refractivity (Wildman–Crippen MR) is 65.6 cm³/mol. The number of nitrogens with zero attached hydrogens (tertiary/aromatic N) is 1. The van der Waals surface area contributed by atoms with E-state index in [4.69, 9.17) is 0 Å². The van der Waals surface area contributed by atoms with Crippen LogP contribution in [0.2, 0.25) is 0 Å². The van der Waals surface area contributed by atoms with Crippen LogP contribution >= 0.6 is 0 Å². The van der Waals surface area contributed by atoms with E-state index in [2.05, 4.69) is 4.90 Å². The molecule has 1 fully saturated rings. The molecule has 0 radical (unpaired) electrons. The zero-order chi connectivity index (χ0) is 13.0. The van der Waals surface area contributed by atoms with Gasteiger partial charge in [-0.25, -0.2) is 8.78 Å². The van der Waals surface area contributed by atoms with E-state index in [1.165, 1.54) is 19.3 Å². The first-order chi connectivity index (χ1) is 8.65.